The van der Waals surface area contributed by atoms with Crippen LogP contribution in [0.25, 0.3) is 11.4 Å². The van der Waals surface area contributed by atoms with Crippen LogP contribution in [0.4, 0.5) is 62.7 Å². The van der Waals surface area contributed by atoms with Crippen molar-refractivity contribution in [2.45, 2.75) is 99.1 Å². The predicted octanol–water partition coefficient (Wildman–Crippen LogP) is 6.93. The molecule has 24 nitrogen and oxygen atoms in total. The lowest BCUT2D eigenvalue weighted by atomic mass is 10.2. The minimum absolute atomic E-state index is 0. The SMILES string of the molecule is C.O=S(=O)(OS(=O)(=O)C(F)(F)F)C(F)(F)F.O=S(=O)(Oc1nc(Cl)cc(N2CC3CCC(C2)O3)n1)C(F)(F)F.O=[N+]([O-])c1ccc(-c2nc(Cl)cc(N3CC4CCC(C3)O4)n2)cc1.O=c1nc(N2CC3CCC(C2)O3)cc(Cl)[nH]1. The zero-order valence-corrected chi connectivity index (χ0v) is 43.7. The van der Waals surface area contributed by atoms with Crippen molar-refractivity contribution in [3.8, 4) is 17.4 Å². The molecule has 3 aromatic heterocycles. The number of ether oxygens (including phenoxy) is 3. The third kappa shape index (κ3) is 16.3. The summed E-state index contributed by atoms with van der Waals surface area (Å²) in [5.41, 5.74) is -17.8. The Balaban J connectivity index is 0.000000173. The molecule has 0 saturated carbocycles. The summed E-state index contributed by atoms with van der Waals surface area (Å²) < 4.78 is 190. The minimum atomic E-state index is -6.85. The van der Waals surface area contributed by atoms with Gasteiger partial charge in [0.1, 0.15) is 32.9 Å². The molecule has 0 spiro atoms. The number of aromatic amines is 1. The van der Waals surface area contributed by atoms with Gasteiger partial charge in [-0.15, -0.1) is 3.63 Å². The van der Waals surface area contributed by atoms with Gasteiger partial charge in [0.25, 0.3) is 5.69 Å². The van der Waals surface area contributed by atoms with Crippen LogP contribution in [0.1, 0.15) is 46.0 Å². The summed E-state index contributed by atoms with van der Waals surface area (Å²) in [5.74, 6) is 2.07. The van der Waals surface area contributed by atoms with Crippen molar-refractivity contribution in [1.82, 2.24) is 29.9 Å². The van der Waals surface area contributed by atoms with Crippen LogP contribution in [0.3, 0.4) is 0 Å². The fraction of sp³-hybridized carbons (Fsp3) is 0.550. The second-order valence-electron chi connectivity index (χ2n) is 17.3. The average molecular weight is 1260 g/mol. The fourth-order valence-electron chi connectivity index (χ4n) is 8.34. The van der Waals surface area contributed by atoms with Crippen LogP contribution in [0.15, 0.2) is 47.3 Å². The molecule has 6 atom stereocenters. The number of nitrogens with zero attached hydrogens (tertiary/aromatic N) is 9. The van der Waals surface area contributed by atoms with Gasteiger partial charge < -0.3 is 33.1 Å². The molecule has 10 rings (SSSR count). The second-order valence-corrected chi connectivity index (χ2v) is 23.3. The van der Waals surface area contributed by atoms with Gasteiger partial charge in [-0.2, -0.15) is 79.7 Å². The Bertz CT molecular complexity index is 3170. The number of morpholine rings is 3. The number of nitrogens with one attached hydrogen (secondary N) is 1. The number of rotatable bonds is 9. The van der Waals surface area contributed by atoms with Gasteiger partial charge >= 0.3 is 58.6 Å². The van der Waals surface area contributed by atoms with E-state index in [0.717, 1.165) is 70.5 Å². The van der Waals surface area contributed by atoms with E-state index in [-0.39, 0.29) is 60.7 Å². The molecule has 0 radical (unpaired) electrons. The number of aromatic nitrogens is 6. The van der Waals surface area contributed by atoms with E-state index in [1.807, 2.05) is 3.63 Å². The van der Waals surface area contributed by atoms with Crippen molar-refractivity contribution >= 4 is 88.3 Å². The monoisotopic (exact) mass is 1260 g/mol. The molecule has 6 fully saturated rings. The van der Waals surface area contributed by atoms with Crippen LogP contribution in [-0.4, -0.2) is 152 Å². The largest absolute Gasteiger partial charge is 0.534 e. The molecule has 6 bridgehead atoms. The van der Waals surface area contributed by atoms with Gasteiger partial charge in [0, 0.05) is 75.2 Å². The number of anilines is 3. The first kappa shape index (κ1) is 63.0. The molecule has 6 unspecified atom stereocenters. The molecular formula is C40H42Cl3F9N10O14S3. The van der Waals surface area contributed by atoms with E-state index in [1.165, 1.54) is 18.2 Å². The molecule has 438 valence electrons. The van der Waals surface area contributed by atoms with Crippen molar-refractivity contribution in [2.75, 3.05) is 54.0 Å². The summed E-state index contributed by atoms with van der Waals surface area (Å²) in [4.78, 5) is 49.9. The maximum Gasteiger partial charge on any atom is 0.534 e. The Kier molecular flexibility index (Phi) is 19.5. The molecule has 39 heteroatoms. The van der Waals surface area contributed by atoms with Crippen molar-refractivity contribution in [1.29, 1.82) is 0 Å². The van der Waals surface area contributed by atoms with E-state index >= 15 is 0 Å². The standard InChI is InChI=1S/C16H15ClN4O3.C11H11ClF3N3O4S.C10H12ClN3O2.C2F6O5S2.CH4/c17-14-7-15(20-8-12-5-6-13(9-20)24-12)19-16(18-14)10-1-3-11(4-2-10)21(22)23;12-8-3-9(18-4-6-1-2-7(5-18)21-6)17-10(16-8)22-23(19,20)11(13,14)15;11-8-3-9(13-10(15)12-8)14-4-6-1-2-7(5-14)16-6;3-1(4,5)14(9,10)13-15(11,12)2(6,7)8;/h1-4,7,12-13H,5-6,8-9H2;3,6-7H,1-2,4-5H2;3,6-7H,1-2,4-5H2,(H,12,13,15);;1H4. The van der Waals surface area contributed by atoms with Crippen molar-refractivity contribution in [3.63, 3.8) is 0 Å². The van der Waals surface area contributed by atoms with Crippen LogP contribution < -0.4 is 24.6 Å². The summed E-state index contributed by atoms with van der Waals surface area (Å²) in [6, 6.07) is 9.95. The fourth-order valence-corrected chi connectivity index (χ4v) is 10.8. The normalized spacial score (nSPS) is 22.8. The molecule has 79 heavy (non-hydrogen) atoms. The first-order chi connectivity index (χ1) is 36.1. The van der Waals surface area contributed by atoms with Gasteiger partial charge in [-0.1, -0.05) is 42.2 Å². The lowest BCUT2D eigenvalue weighted by molar-refractivity contribution is -0.384. The first-order valence-electron chi connectivity index (χ1n) is 22.3. The molecular weight excluding hydrogens is 1220 g/mol. The second kappa shape index (κ2) is 24.5. The number of nitro benzene ring substituents is 1. The third-order valence-electron chi connectivity index (χ3n) is 11.7. The van der Waals surface area contributed by atoms with Gasteiger partial charge in [-0.05, 0) is 50.7 Å². The van der Waals surface area contributed by atoms with Crippen LogP contribution >= 0.6 is 34.8 Å². The Labute approximate surface area is 457 Å². The number of non-ortho nitro benzene ring substituents is 1. The minimum Gasteiger partial charge on any atom is -0.371 e. The number of halogens is 12. The quantitative estimate of drug-likeness (QED) is 0.0443. The molecule has 6 saturated heterocycles. The molecule has 4 aromatic rings. The maximum absolute atomic E-state index is 12.4. The lowest BCUT2D eigenvalue weighted by Crippen LogP contribution is -2.43. The molecule has 1 N–H and O–H groups in total. The number of H-pyrrole nitrogens is 1. The van der Waals surface area contributed by atoms with Gasteiger partial charge in [0.05, 0.1) is 41.5 Å². The van der Waals surface area contributed by atoms with E-state index in [2.05, 4.69) is 43.9 Å². The Hall–Kier alpha value is -5.21. The van der Waals surface area contributed by atoms with E-state index in [4.69, 9.17) is 49.0 Å². The number of benzene rings is 1. The lowest BCUT2D eigenvalue weighted by Gasteiger charge is -2.33. The summed E-state index contributed by atoms with van der Waals surface area (Å²) in [6.07, 6.45) is 7.17. The van der Waals surface area contributed by atoms with Crippen molar-refractivity contribution in [3.05, 3.63) is 78.5 Å². The highest BCUT2D eigenvalue weighted by atomic mass is 35.5. The molecule has 1 aromatic carbocycles. The molecule has 9 heterocycles. The van der Waals surface area contributed by atoms with Crippen LogP contribution in [0, 0.1) is 10.1 Å². The van der Waals surface area contributed by atoms with E-state index < -0.39 is 63.5 Å². The summed E-state index contributed by atoms with van der Waals surface area (Å²) in [7, 11) is -19.5. The van der Waals surface area contributed by atoms with Gasteiger partial charge in [0.2, 0.25) is 0 Å². The number of alkyl halides is 9. The first-order valence-corrected chi connectivity index (χ1v) is 27.7. The Morgan fingerprint density at radius 2 is 0.937 bits per heavy atom. The zero-order valence-electron chi connectivity index (χ0n) is 39.0. The molecule has 6 aliphatic rings. The average Bonchev–Trinajstić information content (AvgIpc) is 3.99. The maximum atomic E-state index is 12.4. The van der Waals surface area contributed by atoms with Crippen LogP contribution in [-0.2, 0) is 48.2 Å². The highest BCUT2D eigenvalue weighted by Gasteiger charge is 2.57. The van der Waals surface area contributed by atoms with Crippen molar-refractivity contribution in [2.24, 2.45) is 0 Å². The Morgan fingerprint density at radius 3 is 1.30 bits per heavy atom. The third-order valence-corrected chi connectivity index (χ3v) is 15.8. The van der Waals surface area contributed by atoms with E-state index in [9.17, 15) is 79.7 Å². The smallest absolute Gasteiger partial charge is 0.371 e. The predicted molar refractivity (Wildman–Crippen MR) is 260 cm³/mol. The highest BCUT2D eigenvalue weighted by Crippen LogP contribution is 2.35. The number of nitro groups is 1. The van der Waals surface area contributed by atoms with Crippen molar-refractivity contribution < 1.29 is 91.7 Å². The molecule has 0 aliphatic carbocycles. The Morgan fingerprint density at radius 1 is 0.570 bits per heavy atom. The van der Waals surface area contributed by atoms with Crippen LogP contribution in [0.5, 0.6) is 6.01 Å². The zero-order chi connectivity index (χ0) is 57.3. The summed E-state index contributed by atoms with van der Waals surface area (Å²) >= 11 is 17.7. The molecule has 0 amide bonds. The van der Waals surface area contributed by atoms with E-state index in [1.54, 1.807) is 29.2 Å². The van der Waals surface area contributed by atoms with Gasteiger partial charge in [0.15, 0.2) is 5.82 Å². The van der Waals surface area contributed by atoms with E-state index in [0.29, 0.717) is 40.6 Å². The van der Waals surface area contributed by atoms with Crippen LogP contribution in [0.2, 0.25) is 15.5 Å². The summed E-state index contributed by atoms with van der Waals surface area (Å²) in [6.45, 7) is 4.14. The summed E-state index contributed by atoms with van der Waals surface area (Å²) in [5, 5.41) is 11.2. The topological polar surface area (TPSA) is 299 Å². The number of fused-ring (bicyclic) bond motifs is 6. The highest BCUT2D eigenvalue weighted by molar-refractivity contribution is 8.00. The number of hydrogen-bond donors (Lipinski definition) is 1. The number of hydrogen-bond acceptors (Lipinski definition) is 22. The van der Waals surface area contributed by atoms with Gasteiger partial charge in [-0.3, -0.25) is 15.1 Å². The van der Waals surface area contributed by atoms with Gasteiger partial charge in [-0.25, -0.2) is 14.8 Å². The molecule has 6 aliphatic heterocycles.